The van der Waals surface area contributed by atoms with Crippen LogP contribution in [-0.4, -0.2) is 6.04 Å². The van der Waals surface area contributed by atoms with Crippen LogP contribution in [0.3, 0.4) is 0 Å². The second kappa shape index (κ2) is 5.67. The lowest BCUT2D eigenvalue weighted by atomic mass is 10.1. The predicted octanol–water partition coefficient (Wildman–Crippen LogP) is 3.99. The maximum atomic E-state index is 13.0. The summed E-state index contributed by atoms with van der Waals surface area (Å²) in [4.78, 5) is 0. The summed E-state index contributed by atoms with van der Waals surface area (Å²) in [5, 5.41) is 3.12. The molecule has 96 valence electrons. The Hall–Kier alpha value is -1.84. The second-order valence-corrected chi connectivity index (χ2v) is 4.29. The first-order valence-electron chi connectivity index (χ1n) is 5.89. The molecule has 18 heavy (non-hydrogen) atoms. The number of benzene rings is 1. The van der Waals surface area contributed by atoms with Crippen LogP contribution in [0.1, 0.15) is 19.1 Å². The molecule has 1 unspecified atom stereocenters. The number of furan rings is 1. The van der Waals surface area contributed by atoms with Crippen LogP contribution in [0, 0.1) is 11.6 Å². The number of rotatable bonds is 5. The van der Waals surface area contributed by atoms with Crippen molar-refractivity contribution in [3.8, 4) is 0 Å². The molecule has 2 rings (SSSR count). The Balaban J connectivity index is 1.86. The molecular weight excluding hydrogens is 236 g/mol. The molecule has 0 radical (unpaired) electrons. The SMILES string of the molecule is CC(CCc1ccco1)Nc1ccc(F)c(F)c1. The summed E-state index contributed by atoms with van der Waals surface area (Å²) in [5.74, 6) is -0.740. The molecule has 0 amide bonds. The van der Waals surface area contributed by atoms with Gasteiger partial charge in [-0.15, -0.1) is 0 Å². The zero-order valence-electron chi connectivity index (χ0n) is 10.1. The summed E-state index contributed by atoms with van der Waals surface area (Å²) in [6.45, 7) is 1.99. The first kappa shape index (κ1) is 12.6. The molecule has 0 fully saturated rings. The number of halogens is 2. The van der Waals surface area contributed by atoms with Gasteiger partial charge in [0.1, 0.15) is 5.76 Å². The van der Waals surface area contributed by atoms with E-state index in [9.17, 15) is 8.78 Å². The number of aryl methyl sites for hydroxylation is 1. The fourth-order valence-corrected chi connectivity index (χ4v) is 1.76. The van der Waals surface area contributed by atoms with Crippen LogP contribution in [0.25, 0.3) is 0 Å². The largest absolute Gasteiger partial charge is 0.469 e. The quantitative estimate of drug-likeness (QED) is 0.869. The van der Waals surface area contributed by atoms with Gasteiger partial charge in [0.15, 0.2) is 11.6 Å². The highest BCUT2D eigenvalue weighted by atomic mass is 19.2. The van der Waals surface area contributed by atoms with Crippen LogP contribution in [0.5, 0.6) is 0 Å². The summed E-state index contributed by atoms with van der Waals surface area (Å²) in [5.41, 5.74) is 0.584. The van der Waals surface area contributed by atoms with Crippen molar-refractivity contribution in [3.63, 3.8) is 0 Å². The van der Waals surface area contributed by atoms with Crippen molar-refractivity contribution >= 4 is 5.69 Å². The second-order valence-electron chi connectivity index (χ2n) is 4.29. The highest BCUT2D eigenvalue weighted by Crippen LogP contribution is 2.15. The van der Waals surface area contributed by atoms with Gasteiger partial charge in [-0.1, -0.05) is 0 Å². The minimum atomic E-state index is -0.835. The van der Waals surface area contributed by atoms with Gasteiger partial charge in [0.05, 0.1) is 6.26 Å². The van der Waals surface area contributed by atoms with Gasteiger partial charge < -0.3 is 9.73 Å². The third-order valence-electron chi connectivity index (χ3n) is 2.74. The molecule has 2 aromatic rings. The molecule has 1 aromatic heterocycles. The molecule has 0 spiro atoms. The summed E-state index contributed by atoms with van der Waals surface area (Å²) < 4.78 is 31.0. The summed E-state index contributed by atoms with van der Waals surface area (Å²) in [7, 11) is 0. The van der Waals surface area contributed by atoms with Crippen molar-refractivity contribution in [2.24, 2.45) is 0 Å². The van der Waals surface area contributed by atoms with E-state index in [-0.39, 0.29) is 6.04 Å². The Morgan fingerprint density at radius 1 is 1.22 bits per heavy atom. The van der Waals surface area contributed by atoms with Gasteiger partial charge in [-0.2, -0.15) is 0 Å². The predicted molar refractivity (Wildman–Crippen MR) is 66.5 cm³/mol. The van der Waals surface area contributed by atoms with Gasteiger partial charge in [0.2, 0.25) is 0 Å². The minimum absolute atomic E-state index is 0.153. The molecule has 2 nitrogen and oxygen atoms in total. The average Bonchev–Trinajstić information content (AvgIpc) is 2.84. The third-order valence-corrected chi connectivity index (χ3v) is 2.74. The van der Waals surface area contributed by atoms with Crippen LogP contribution in [0.15, 0.2) is 41.0 Å². The molecule has 4 heteroatoms. The lowest BCUT2D eigenvalue weighted by Gasteiger charge is -2.14. The lowest BCUT2D eigenvalue weighted by molar-refractivity contribution is 0.494. The van der Waals surface area contributed by atoms with Gasteiger partial charge >= 0.3 is 0 Å². The molecule has 0 saturated heterocycles. The van der Waals surface area contributed by atoms with Crippen LogP contribution < -0.4 is 5.32 Å². The van der Waals surface area contributed by atoms with Gasteiger partial charge in [-0.05, 0) is 37.6 Å². The molecule has 0 bridgehead atoms. The van der Waals surface area contributed by atoms with Gasteiger partial charge in [-0.3, -0.25) is 0 Å². The molecule has 0 aliphatic rings. The van der Waals surface area contributed by atoms with Crippen molar-refractivity contribution in [2.45, 2.75) is 25.8 Å². The fourth-order valence-electron chi connectivity index (χ4n) is 1.76. The Morgan fingerprint density at radius 2 is 2.06 bits per heavy atom. The normalized spacial score (nSPS) is 12.4. The van der Waals surface area contributed by atoms with E-state index in [1.165, 1.54) is 12.1 Å². The van der Waals surface area contributed by atoms with Crippen LogP contribution >= 0.6 is 0 Å². The highest BCUT2D eigenvalue weighted by Gasteiger charge is 2.06. The van der Waals surface area contributed by atoms with Crippen molar-refractivity contribution in [1.82, 2.24) is 0 Å². The standard InChI is InChI=1S/C14H15F2NO/c1-10(4-6-12-3-2-8-18-12)17-11-5-7-13(15)14(16)9-11/h2-3,5,7-10,17H,4,6H2,1H3. The summed E-state index contributed by atoms with van der Waals surface area (Å²) >= 11 is 0. The van der Waals surface area contributed by atoms with Crippen molar-refractivity contribution < 1.29 is 13.2 Å². The van der Waals surface area contributed by atoms with Crippen LogP contribution in [0.4, 0.5) is 14.5 Å². The fraction of sp³-hybridized carbons (Fsp3) is 0.286. The van der Waals surface area contributed by atoms with E-state index in [0.29, 0.717) is 5.69 Å². The number of nitrogens with one attached hydrogen (secondary N) is 1. The van der Waals surface area contributed by atoms with E-state index in [1.807, 2.05) is 19.1 Å². The Morgan fingerprint density at radius 3 is 2.72 bits per heavy atom. The molecule has 0 saturated carbocycles. The highest BCUT2D eigenvalue weighted by molar-refractivity contribution is 5.44. The number of hydrogen-bond acceptors (Lipinski definition) is 2. The average molecular weight is 251 g/mol. The molecule has 1 atom stereocenters. The third kappa shape index (κ3) is 3.32. The topological polar surface area (TPSA) is 25.2 Å². The van der Waals surface area contributed by atoms with Gasteiger partial charge in [-0.25, -0.2) is 8.78 Å². The molecule has 0 aliphatic heterocycles. The zero-order chi connectivity index (χ0) is 13.0. The Kier molecular flexibility index (Phi) is 3.97. The first-order chi connectivity index (χ1) is 8.65. The Labute approximate surface area is 105 Å². The number of hydrogen-bond donors (Lipinski definition) is 1. The molecule has 1 N–H and O–H groups in total. The van der Waals surface area contributed by atoms with Crippen LogP contribution in [0.2, 0.25) is 0 Å². The molecule has 1 heterocycles. The van der Waals surface area contributed by atoms with E-state index in [1.54, 1.807) is 6.26 Å². The molecule has 1 aromatic carbocycles. The molecule has 0 aliphatic carbocycles. The van der Waals surface area contributed by atoms with E-state index in [2.05, 4.69) is 5.32 Å². The maximum absolute atomic E-state index is 13.0. The summed E-state index contributed by atoms with van der Waals surface area (Å²) in [6, 6.07) is 7.74. The molecular formula is C14H15F2NO. The van der Waals surface area contributed by atoms with Crippen molar-refractivity contribution in [2.75, 3.05) is 5.32 Å². The lowest BCUT2D eigenvalue weighted by Crippen LogP contribution is -2.16. The monoisotopic (exact) mass is 251 g/mol. The van der Waals surface area contributed by atoms with Gasteiger partial charge in [0, 0.05) is 24.2 Å². The number of anilines is 1. The first-order valence-corrected chi connectivity index (χ1v) is 5.89. The summed E-state index contributed by atoms with van der Waals surface area (Å²) in [6.07, 6.45) is 3.31. The van der Waals surface area contributed by atoms with Gasteiger partial charge in [0.25, 0.3) is 0 Å². The Bertz CT molecular complexity index is 497. The van der Waals surface area contributed by atoms with Crippen molar-refractivity contribution in [3.05, 3.63) is 54.0 Å². The van der Waals surface area contributed by atoms with E-state index in [4.69, 9.17) is 4.42 Å². The maximum Gasteiger partial charge on any atom is 0.160 e. The van der Waals surface area contributed by atoms with Crippen molar-refractivity contribution in [1.29, 1.82) is 0 Å². The van der Waals surface area contributed by atoms with E-state index < -0.39 is 11.6 Å². The zero-order valence-corrected chi connectivity index (χ0v) is 10.1. The smallest absolute Gasteiger partial charge is 0.160 e. The van der Waals surface area contributed by atoms with Crippen LogP contribution in [-0.2, 0) is 6.42 Å². The van der Waals surface area contributed by atoms with E-state index in [0.717, 1.165) is 24.7 Å². The van der Waals surface area contributed by atoms with E-state index >= 15 is 0 Å². The minimum Gasteiger partial charge on any atom is -0.469 e.